The molecule has 0 saturated heterocycles. The van der Waals surface area contributed by atoms with Crippen molar-refractivity contribution in [1.82, 2.24) is 5.32 Å². The Labute approximate surface area is 134 Å². The van der Waals surface area contributed by atoms with Crippen LogP contribution in [0.3, 0.4) is 0 Å². The molecule has 0 aliphatic carbocycles. The van der Waals surface area contributed by atoms with Gasteiger partial charge < -0.3 is 15.8 Å². The highest BCUT2D eigenvalue weighted by Crippen LogP contribution is 2.22. The molecule has 3 unspecified atom stereocenters. The van der Waals surface area contributed by atoms with E-state index in [1.165, 1.54) is 0 Å². The predicted octanol–water partition coefficient (Wildman–Crippen LogP) is 3.16. The number of aryl methyl sites for hydroxylation is 1. The highest BCUT2D eigenvalue weighted by Gasteiger charge is 2.19. The topological polar surface area (TPSA) is 64.3 Å². The van der Waals surface area contributed by atoms with Crippen molar-refractivity contribution in [2.45, 2.75) is 66.2 Å². The van der Waals surface area contributed by atoms with E-state index in [9.17, 15) is 4.79 Å². The van der Waals surface area contributed by atoms with Gasteiger partial charge in [0.2, 0.25) is 5.91 Å². The van der Waals surface area contributed by atoms with Gasteiger partial charge in [-0.2, -0.15) is 0 Å². The largest absolute Gasteiger partial charge is 0.490 e. The molecule has 0 fully saturated rings. The van der Waals surface area contributed by atoms with Crippen molar-refractivity contribution in [2.75, 3.05) is 0 Å². The Kier molecular flexibility index (Phi) is 7.39. The van der Waals surface area contributed by atoms with E-state index >= 15 is 0 Å². The van der Waals surface area contributed by atoms with Gasteiger partial charge in [0.1, 0.15) is 5.75 Å². The maximum absolute atomic E-state index is 12.1. The van der Waals surface area contributed by atoms with Gasteiger partial charge in [0.05, 0.1) is 12.1 Å². The fraction of sp³-hybridized carbons (Fsp3) is 0.611. The summed E-state index contributed by atoms with van der Waals surface area (Å²) in [6, 6.07) is 5.58. The first kappa shape index (κ1) is 18.5. The first-order chi connectivity index (χ1) is 10.4. The van der Waals surface area contributed by atoms with Crippen molar-refractivity contribution in [3.63, 3.8) is 0 Å². The van der Waals surface area contributed by atoms with Crippen molar-refractivity contribution in [2.24, 2.45) is 11.7 Å². The van der Waals surface area contributed by atoms with Gasteiger partial charge in [0, 0.05) is 12.1 Å². The van der Waals surface area contributed by atoms with E-state index in [1.807, 2.05) is 45.9 Å². The van der Waals surface area contributed by atoms with E-state index in [0.29, 0.717) is 6.54 Å². The van der Waals surface area contributed by atoms with Gasteiger partial charge in [-0.3, -0.25) is 4.79 Å². The summed E-state index contributed by atoms with van der Waals surface area (Å²) in [5, 5.41) is 2.92. The fourth-order valence-corrected chi connectivity index (χ4v) is 2.03. The number of nitrogens with two attached hydrogens (primary N) is 1. The van der Waals surface area contributed by atoms with Gasteiger partial charge in [-0.25, -0.2) is 0 Å². The highest BCUT2D eigenvalue weighted by atomic mass is 16.5. The van der Waals surface area contributed by atoms with E-state index < -0.39 is 6.04 Å². The number of nitrogens with one attached hydrogen (secondary N) is 1. The first-order valence-corrected chi connectivity index (χ1v) is 8.18. The molecule has 0 radical (unpaired) electrons. The smallest absolute Gasteiger partial charge is 0.237 e. The van der Waals surface area contributed by atoms with Crippen molar-refractivity contribution in [3.05, 3.63) is 29.3 Å². The Morgan fingerprint density at radius 2 is 1.95 bits per heavy atom. The number of amides is 1. The molecule has 3 atom stereocenters. The highest BCUT2D eigenvalue weighted by molar-refractivity contribution is 5.81. The second-order valence-electron chi connectivity index (χ2n) is 6.08. The van der Waals surface area contributed by atoms with E-state index in [0.717, 1.165) is 29.7 Å². The van der Waals surface area contributed by atoms with Gasteiger partial charge >= 0.3 is 0 Å². The van der Waals surface area contributed by atoms with Crippen LogP contribution in [0.25, 0.3) is 0 Å². The molecule has 0 aliphatic rings. The molecule has 0 bridgehead atoms. The quantitative estimate of drug-likeness (QED) is 0.775. The zero-order valence-corrected chi connectivity index (χ0v) is 14.5. The van der Waals surface area contributed by atoms with Crippen LogP contribution in [-0.4, -0.2) is 18.1 Å². The Hall–Kier alpha value is -1.55. The van der Waals surface area contributed by atoms with Crippen LogP contribution in [0.4, 0.5) is 0 Å². The molecule has 1 amide bonds. The molecule has 22 heavy (non-hydrogen) atoms. The summed E-state index contributed by atoms with van der Waals surface area (Å²) >= 11 is 0. The van der Waals surface area contributed by atoms with Gasteiger partial charge in [-0.15, -0.1) is 0 Å². The summed E-state index contributed by atoms with van der Waals surface area (Å²) in [6.07, 6.45) is 1.98. The Bertz CT molecular complexity index is 488. The van der Waals surface area contributed by atoms with E-state index in [1.54, 1.807) is 0 Å². The van der Waals surface area contributed by atoms with E-state index in [4.69, 9.17) is 10.5 Å². The molecular weight excluding hydrogens is 276 g/mol. The number of benzene rings is 1. The lowest BCUT2D eigenvalue weighted by atomic mass is 9.99. The van der Waals surface area contributed by atoms with Crippen molar-refractivity contribution in [3.8, 4) is 5.75 Å². The third kappa shape index (κ3) is 5.34. The lowest BCUT2D eigenvalue weighted by molar-refractivity contribution is -0.123. The summed E-state index contributed by atoms with van der Waals surface area (Å²) in [4.78, 5) is 12.1. The maximum Gasteiger partial charge on any atom is 0.237 e. The maximum atomic E-state index is 12.1. The molecule has 0 spiro atoms. The summed E-state index contributed by atoms with van der Waals surface area (Å²) in [5.41, 5.74) is 8.08. The third-order valence-corrected chi connectivity index (χ3v) is 4.14. The average molecular weight is 306 g/mol. The normalized spacial score (nSPS) is 15.0. The first-order valence-electron chi connectivity index (χ1n) is 8.18. The van der Waals surface area contributed by atoms with Crippen molar-refractivity contribution < 1.29 is 9.53 Å². The molecular formula is C18H30N2O2. The number of rotatable bonds is 8. The molecule has 1 rings (SSSR count). The van der Waals surface area contributed by atoms with E-state index in [-0.39, 0.29) is 17.9 Å². The molecule has 0 heterocycles. The van der Waals surface area contributed by atoms with Crippen LogP contribution >= 0.6 is 0 Å². The molecule has 0 saturated carbocycles. The van der Waals surface area contributed by atoms with Crippen LogP contribution in [0.1, 0.15) is 51.7 Å². The van der Waals surface area contributed by atoms with Gasteiger partial charge in [-0.1, -0.05) is 39.3 Å². The summed E-state index contributed by atoms with van der Waals surface area (Å²) < 4.78 is 5.95. The predicted molar refractivity (Wildman–Crippen MR) is 90.8 cm³/mol. The van der Waals surface area contributed by atoms with E-state index in [2.05, 4.69) is 12.2 Å². The fourth-order valence-electron chi connectivity index (χ4n) is 2.03. The Morgan fingerprint density at radius 3 is 2.55 bits per heavy atom. The van der Waals surface area contributed by atoms with Crippen LogP contribution in [0, 0.1) is 12.8 Å². The molecule has 4 nitrogen and oxygen atoms in total. The molecule has 124 valence electrons. The minimum absolute atomic E-state index is 0.107. The lowest BCUT2D eigenvalue weighted by Crippen LogP contribution is -2.44. The number of hydrogen-bond acceptors (Lipinski definition) is 3. The second-order valence-corrected chi connectivity index (χ2v) is 6.08. The van der Waals surface area contributed by atoms with Crippen LogP contribution in [0.15, 0.2) is 18.2 Å². The molecule has 1 aromatic carbocycles. The number of carbonyl (C=O) groups is 1. The van der Waals surface area contributed by atoms with Crippen molar-refractivity contribution >= 4 is 5.91 Å². The summed E-state index contributed by atoms with van der Waals surface area (Å²) in [6.45, 7) is 10.6. The second kappa shape index (κ2) is 8.79. The molecule has 3 N–H and O–H groups in total. The Morgan fingerprint density at radius 1 is 1.27 bits per heavy atom. The molecule has 0 aromatic heterocycles. The number of carbonyl (C=O) groups excluding carboxylic acids is 1. The minimum atomic E-state index is -0.464. The third-order valence-electron chi connectivity index (χ3n) is 4.14. The summed E-state index contributed by atoms with van der Waals surface area (Å²) in [7, 11) is 0. The average Bonchev–Trinajstić information content (AvgIpc) is 2.52. The van der Waals surface area contributed by atoms with Gasteiger partial charge in [-0.05, 0) is 37.8 Å². The minimum Gasteiger partial charge on any atom is -0.490 e. The lowest BCUT2D eigenvalue weighted by Gasteiger charge is -2.20. The monoisotopic (exact) mass is 306 g/mol. The zero-order valence-electron chi connectivity index (χ0n) is 14.5. The van der Waals surface area contributed by atoms with Crippen molar-refractivity contribution in [1.29, 1.82) is 0 Å². The zero-order chi connectivity index (χ0) is 16.7. The molecule has 1 aromatic rings. The van der Waals surface area contributed by atoms with Crippen LogP contribution in [-0.2, 0) is 11.3 Å². The van der Waals surface area contributed by atoms with Crippen LogP contribution in [0.5, 0.6) is 5.75 Å². The Balaban J connectivity index is 2.74. The molecule has 4 heteroatoms. The van der Waals surface area contributed by atoms with Crippen LogP contribution < -0.4 is 15.8 Å². The number of ether oxygens (including phenoxy) is 1. The summed E-state index contributed by atoms with van der Waals surface area (Å²) in [5.74, 6) is 0.907. The standard InChI is InChI=1S/C18H30N2O2/c1-6-13(4)17(19)18(21)20-11-15-9-8-12(3)10-16(15)22-14(5)7-2/h8-10,13-14,17H,6-7,11,19H2,1-5H3,(H,20,21). The van der Waals surface area contributed by atoms with Gasteiger partial charge in [0.15, 0.2) is 0 Å². The van der Waals surface area contributed by atoms with Gasteiger partial charge in [0.25, 0.3) is 0 Å². The van der Waals surface area contributed by atoms with Crippen LogP contribution in [0.2, 0.25) is 0 Å². The molecule has 0 aliphatic heterocycles. The SMILES string of the molecule is CCC(C)Oc1cc(C)ccc1CNC(=O)C(N)C(C)CC. The number of hydrogen-bond donors (Lipinski definition) is 2.